The van der Waals surface area contributed by atoms with Crippen LogP contribution in [0.2, 0.25) is 0 Å². The van der Waals surface area contributed by atoms with Crippen LogP contribution in [0.1, 0.15) is 39.2 Å². The predicted octanol–water partition coefficient (Wildman–Crippen LogP) is 4.02. The average Bonchev–Trinajstić information content (AvgIpc) is 2.34. The van der Waals surface area contributed by atoms with E-state index in [-0.39, 0.29) is 5.54 Å². The zero-order valence-corrected chi connectivity index (χ0v) is 13.4. The van der Waals surface area contributed by atoms with Crippen LogP contribution in [-0.4, -0.2) is 12.1 Å². The molecule has 0 saturated carbocycles. The standard InChI is InChI=1S/C15H21BrN2O/c1-15(2,3)18-11-12-10-13(6-7-14(12)16)19-9-5-4-8-17/h6-7,10,18H,4-5,9,11H2,1-3H3. The van der Waals surface area contributed by atoms with Crippen LogP contribution >= 0.6 is 15.9 Å². The van der Waals surface area contributed by atoms with Gasteiger partial charge in [-0.15, -0.1) is 0 Å². The summed E-state index contributed by atoms with van der Waals surface area (Å²) in [5.41, 5.74) is 1.26. The average molecular weight is 325 g/mol. The van der Waals surface area contributed by atoms with Crippen molar-refractivity contribution in [3.63, 3.8) is 0 Å². The Morgan fingerprint density at radius 2 is 2.11 bits per heavy atom. The second-order valence-corrected chi connectivity index (χ2v) is 6.32. The molecule has 0 saturated heterocycles. The molecule has 1 N–H and O–H groups in total. The fraction of sp³-hybridized carbons (Fsp3) is 0.533. The second-order valence-electron chi connectivity index (χ2n) is 5.47. The van der Waals surface area contributed by atoms with Gasteiger partial charge < -0.3 is 10.1 Å². The van der Waals surface area contributed by atoms with Gasteiger partial charge >= 0.3 is 0 Å². The van der Waals surface area contributed by atoms with Gasteiger partial charge in [0.1, 0.15) is 5.75 Å². The zero-order chi connectivity index (χ0) is 14.3. The van der Waals surface area contributed by atoms with Crippen LogP contribution in [0.4, 0.5) is 0 Å². The van der Waals surface area contributed by atoms with Gasteiger partial charge in [0, 0.05) is 23.0 Å². The Balaban J connectivity index is 2.59. The minimum atomic E-state index is 0.0864. The highest BCUT2D eigenvalue weighted by Crippen LogP contribution is 2.23. The van der Waals surface area contributed by atoms with Crippen LogP contribution < -0.4 is 10.1 Å². The number of nitriles is 1. The first kappa shape index (κ1) is 16.0. The van der Waals surface area contributed by atoms with Gasteiger partial charge in [-0.05, 0) is 51.0 Å². The van der Waals surface area contributed by atoms with Crippen molar-refractivity contribution in [3.05, 3.63) is 28.2 Å². The van der Waals surface area contributed by atoms with Crippen molar-refractivity contribution in [1.29, 1.82) is 5.26 Å². The topological polar surface area (TPSA) is 45.0 Å². The van der Waals surface area contributed by atoms with E-state index in [2.05, 4.69) is 48.1 Å². The van der Waals surface area contributed by atoms with E-state index in [9.17, 15) is 0 Å². The summed E-state index contributed by atoms with van der Waals surface area (Å²) in [5.74, 6) is 0.854. The van der Waals surface area contributed by atoms with E-state index in [4.69, 9.17) is 10.00 Å². The highest BCUT2D eigenvalue weighted by molar-refractivity contribution is 9.10. The summed E-state index contributed by atoms with van der Waals surface area (Å²) in [6.45, 7) is 7.80. The Bertz CT molecular complexity index is 446. The lowest BCUT2D eigenvalue weighted by molar-refractivity contribution is 0.312. The Morgan fingerprint density at radius 3 is 2.74 bits per heavy atom. The fourth-order valence-corrected chi connectivity index (χ4v) is 1.86. The summed E-state index contributed by atoms with van der Waals surface area (Å²) in [6, 6.07) is 8.09. The van der Waals surface area contributed by atoms with Gasteiger partial charge in [-0.1, -0.05) is 15.9 Å². The third-order valence-corrected chi connectivity index (χ3v) is 3.30. The molecule has 0 radical (unpaired) electrons. The number of hydrogen-bond donors (Lipinski definition) is 1. The van der Waals surface area contributed by atoms with Crippen molar-refractivity contribution in [1.82, 2.24) is 5.32 Å². The number of ether oxygens (including phenoxy) is 1. The molecule has 19 heavy (non-hydrogen) atoms. The largest absolute Gasteiger partial charge is 0.494 e. The molecule has 0 amide bonds. The molecule has 1 aromatic rings. The van der Waals surface area contributed by atoms with Crippen molar-refractivity contribution in [2.45, 2.75) is 45.7 Å². The van der Waals surface area contributed by atoms with E-state index in [0.29, 0.717) is 13.0 Å². The minimum absolute atomic E-state index is 0.0864. The molecule has 3 nitrogen and oxygen atoms in total. The second kappa shape index (κ2) is 7.52. The summed E-state index contributed by atoms with van der Waals surface area (Å²) < 4.78 is 6.71. The first-order valence-electron chi connectivity index (χ1n) is 6.45. The molecule has 0 bridgehead atoms. The Labute approximate surface area is 124 Å². The van der Waals surface area contributed by atoms with E-state index in [1.165, 1.54) is 5.56 Å². The number of nitrogens with one attached hydrogen (secondary N) is 1. The SMILES string of the molecule is CC(C)(C)NCc1cc(OCCCC#N)ccc1Br. The Kier molecular flexibility index (Phi) is 6.33. The lowest BCUT2D eigenvalue weighted by Crippen LogP contribution is -2.35. The fourth-order valence-electron chi connectivity index (χ4n) is 1.48. The first-order chi connectivity index (χ1) is 8.92. The number of rotatable bonds is 6. The quantitative estimate of drug-likeness (QED) is 0.804. The van der Waals surface area contributed by atoms with Gasteiger partial charge in [0.15, 0.2) is 0 Å². The first-order valence-corrected chi connectivity index (χ1v) is 7.25. The van der Waals surface area contributed by atoms with E-state index in [1.807, 2.05) is 18.2 Å². The van der Waals surface area contributed by atoms with E-state index in [0.717, 1.165) is 23.2 Å². The Hall–Kier alpha value is -1.05. The van der Waals surface area contributed by atoms with Crippen molar-refractivity contribution >= 4 is 15.9 Å². The van der Waals surface area contributed by atoms with E-state index in [1.54, 1.807) is 0 Å². The van der Waals surface area contributed by atoms with Crippen LogP contribution in [0.15, 0.2) is 22.7 Å². The molecule has 0 spiro atoms. The summed E-state index contributed by atoms with van der Waals surface area (Å²) in [5, 5.41) is 11.9. The molecular weight excluding hydrogens is 304 g/mol. The third kappa shape index (κ3) is 6.60. The van der Waals surface area contributed by atoms with Gasteiger partial charge in [0.05, 0.1) is 12.7 Å². The lowest BCUT2D eigenvalue weighted by atomic mass is 10.1. The number of benzene rings is 1. The van der Waals surface area contributed by atoms with Gasteiger partial charge in [-0.2, -0.15) is 5.26 Å². The lowest BCUT2D eigenvalue weighted by Gasteiger charge is -2.21. The maximum atomic E-state index is 8.47. The molecule has 0 atom stereocenters. The third-order valence-electron chi connectivity index (χ3n) is 2.53. The highest BCUT2D eigenvalue weighted by Gasteiger charge is 2.10. The van der Waals surface area contributed by atoms with Crippen molar-refractivity contribution < 1.29 is 4.74 Å². The van der Waals surface area contributed by atoms with Crippen LogP contribution in [0.5, 0.6) is 5.75 Å². The molecule has 0 fully saturated rings. The number of unbranched alkanes of at least 4 members (excludes halogenated alkanes) is 1. The molecule has 0 aliphatic heterocycles. The predicted molar refractivity (Wildman–Crippen MR) is 81.1 cm³/mol. The van der Waals surface area contributed by atoms with Crippen LogP contribution in [-0.2, 0) is 6.54 Å². The molecule has 0 aliphatic rings. The molecule has 0 unspecified atom stereocenters. The van der Waals surface area contributed by atoms with E-state index >= 15 is 0 Å². The summed E-state index contributed by atoms with van der Waals surface area (Å²) in [4.78, 5) is 0. The maximum Gasteiger partial charge on any atom is 0.119 e. The van der Waals surface area contributed by atoms with Crippen molar-refractivity contribution in [2.75, 3.05) is 6.61 Å². The van der Waals surface area contributed by atoms with E-state index < -0.39 is 0 Å². The summed E-state index contributed by atoms with van der Waals surface area (Å²) >= 11 is 3.55. The normalized spacial score (nSPS) is 11.1. The zero-order valence-electron chi connectivity index (χ0n) is 11.8. The minimum Gasteiger partial charge on any atom is -0.494 e. The van der Waals surface area contributed by atoms with Gasteiger partial charge in [0.2, 0.25) is 0 Å². The summed E-state index contributed by atoms with van der Waals surface area (Å²) in [6.07, 6.45) is 1.30. The Morgan fingerprint density at radius 1 is 1.37 bits per heavy atom. The van der Waals surface area contributed by atoms with Gasteiger partial charge in [-0.25, -0.2) is 0 Å². The maximum absolute atomic E-state index is 8.47. The van der Waals surface area contributed by atoms with Crippen LogP contribution in [0.25, 0.3) is 0 Å². The molecule has 0 aliphatic carbocycles. The molecule has 4 heteroatoms. The molecule has 0 aromatic heterocycles. The van der Waals surface area contributed by atoms with Crippen LogP contribution in [0.3, 0.4) is 0 Å². The highest BCUT2D eigenvalue weighted by atomic mass is 79.9. The smallest absolute Gasteiger partial charge is 0.119 e. The molecule has 1 rings (SSSR count). The molecular formula is C15H21BrN2O. The van der Waals surface area contributed by atoms with Crippen molar-refractivity contribution in [3.8, 4) is 11.8 Å². The van der Waals surface area contributed by atoms with Gasteiger partial charge in [0.25, 0.3) is 0 Å². The summed E-state index contributed by atoms with van der Waals surface area (Å²) in [7, 11) is 0. The molecule has 0 heterocycles. The number of nitrogens with zero attached hydrogens (tertiary/aromatic N) is 1. The van der Waals surface area contributed by atoms with Crippen LogP contribution in [0, 0.1) is 11.3 Å². The number of halogens is 1. The van der Waals surface area contributed by atoms with Crippen molar-refractivity contribution in [2.24, 2.45) is 0 Å². The molecule has 1 aromatic carbocycles. The molecule has 104 valence electrons. The van der Waals surface area contributed by atoms with Gasteiger partial charge in [-0.3, -0.25) is 0 Å². The number of hydrogen-bond acceptors (Lipinski definition) is 3. The monoisotopic (exact) mass is 324 g/mol.